The maximum atomic E-state index is 10.5. The van der Waals surface area contributed by atoms with Gasteiger partial charge in [-0.25, -0.2) is 0 Å². The minimum Gasteiger partial charge on any atom is -0.388 e. The summed E-state index contributed by atoms with van der Waals surface area (Å²) in [7, 11) is 0. The lowest BCUT2D eigenvalue weighted by Crippen LogP contribution is -1.98. The molecule has 1 rings (SSSR count). The molecule has 0 aliphatic rings. The zero-order valence-electron chi connectivity index (χ0n) is 7.89. The number of halogens is 1. The zero-order chi connectivity index (χ0) is 11.4. The molecule has 80 valence electrons. The molecular formula is C10H10ClNO3. The first-order chi connectivity index (χ1) is 7.06. The van der Waals surface area contributed by atoms with Crippen LogP contribution >= 0.6 is 11.6 Å². The molecule has 0 spiro atoms. The van der Waals surface area contributed by atoms with E-state index in [1.165, 1.54) is 24.3 Å². The van der Waals surface area contributed by atoms with E-state index in [0.717, 1.165) is 0 Å². The van der Waals surface area contributed by atoms with Crippen LogP contribution in [0.25, 0.3) is 0 Å². The topological polar surface area (TPSA) is 63.4 Å². The number of aliphatic hydroxyl groups is 1. The third-order valence-electron chi connectivity index (χ3n) is 1.94. The summed E-state index contributed by atoms with van der Waals surface area (Å²) < 4.78 is 0. The van der Waals surface area contributed by atoms with Crippen LogP contribution in [0.5, 0.6) is 0 Å². The van der Waals surface area contributed by atoms with Crippen molar-refractivity contribution >= 4 is 17.3 Å². The smallest absolute Gasteiger partial charge is 0.269 e. The molecule has 5 heteroatoms. The van der Waals surface area contributed by atoms with E-state index < -0.39 is 11.0 Å². The summed E-state index contributed by atoms with van der Waals surface area (Å²) >= 11 is 5.81. The first-order valence-electron chi connectivity index (χ1n) is 4.29. The van der Waals surface area contributed by atoms with Gasteiger partial charge in [0.1, 0.15) is 0 Å². The lowest BCUT2D eigenvalue weighted by molar-refractivity contribution is -0.385. The number of rotatable bonds is 4. The predicted octanol–water partition coefficient (Wildman–Crippen LogP) is 2.86. The zero-order valence-corrected chi connectivity index (χ0v) is 8.65. The van der Waals surface area contributed by atoms with Gasteiger partial charge in [-0.1, -0.05) is 17.7 Å². The Morgan fingerprint density at radius 1 is 1.67 bits per heavy atom. The quantitative estimate of drug-likeness (QED) is 0.489. The van der Waals surface area contributed by atoms with Crippen molar-refractivity contribution in [3.05, 3.63) is 51.6 Å². The second-order valence-corrected chi connectivity index (χ2v) is 3.41. The van der Waals surface area contributed by atoms with E-state index >= 15 is 0 Å². The Labute approximate surface area is 92.0 Å². The molecule has 0 amide bonds. The van der Waals surface area contributed by atoms with Crippen molar-refractivity contribution in [2.75, 3.05) is 0 Å². The Morgan fingerprint density at radius 3 is 2.87 bits per heavy atom. The number of benzene rings is 1. The molecule has 1 unspecified atom stereocenters. The average Bonchev–Trinajstić information content (AvgIpc) is 2.18. The van der Waals surface area contributed by atoms with Crippen LogP contribution in [0.4, 0.5) is 5.69 Å². The first-order valence-corrected chi connectivity index (χ1v) is 4.67. The summed E-state index contributed by atoms with van der Waals surface area (Å²) in [6, 6.07) is 3.98. The van der Waals surface area contributed by atoms with Crippen molar-refractivity contribution in [2.45, 2.75) is 12.5 Å². The van der Waals surface area contributed by atoms with Gasteiger partial charge in [-0.2, -0.15) is 0 Å². The third-order valence-corrected chi connectivity index (χ3v) is 2.28. The van der Waals surface area contributed by atoms with E-state index in [9.17, 15) is 15.2 Å². The lowest BCUT2D eigenvalue weighted by Gasteiger charge is -2.09. The number of nitrogens with zero attached hydrogens (tertiary/aromatic N) is 1. The summed E-state index contributed by atoms with van der Waals surface area (Å²) in [4.78, 5) is 9.98. The van der Waals surface area contributed by atoms with E-state index in [4.69, 9.17) is 11.6 Å². The number of aliphatic hydroxyl groups excluding tert-OH is 1. The minimum absolute atomic E-state index is 0.0856. The molecule has 0 fully saturated rings. The van der Waals surface area contributed by atoms with Gasteiger partial charge in [-0.3, -0.25) is 10.1 Å². The summed E-state index contributed by atoms with van der Waals surface area (Å²) in [6.45, 7) is 3.48. The van der Waals surface area contributed by atoms with Crippen molar-refractivity contribution in [1.29, 1.82) is 0 Å². The Morgan fingerprint density at radius 2 is 2.33 bits per heavy atom. The highest BCUT2D eigenvalue weighted by molar-refractivity contribution is 6.31. The van der Waals surface area contributed by atoms with Gasteiger partial charge in [-0.05, 0) is 12.5 Å². The minimum atomic E-state index is -0.852. The molecule has 0 aliphatic carbocycles. The van der Waals surface area contributed by atoms with Gasteiger partial charge in [0.25, 0.3) is 5.69 Å². The molecule has 15 heavy (non-hydrogen) atoms. The Balaban J connectivity index is 3.09. The summed E-state index contributed by atoms with van der Waals surface area (Å²) in [5.74, 6) is 0. The van der Waals surface area contributed by atoms with Gasteiger partial charge >= 0.3 is 0 Å². The van der Waals surface area contributed by atoms with Crippen LogP contribution in [-0.2, 0) is 0 Å². The van der Waals surface area contributed by atoms with Crippen LogP contribution in [0.3, 0.4) is 0 Å². The van der Waals surface area contributed by atoms with E-state index in [-0.39, 0.29) is 5.69 Å². The molecule has 1 aromatic rings. The van der Waals surface area contributed by atoms with Crippen molar-refractivity contribution < 1.29 is 10.0 Å². The summed E-state index contributed by atoms with van der Waals surface area (Å²) in [6.07, 6.45) is 0.982. The molecule has 0 saturated heterocycles. The van der Waals surface area contributed by atoms with Gasteiger partial charge in [0.05, 0.1) is 11.0 Å². The maximum Gasteiger partial charge on any atom is 0.269 e. The molecule has 0 heterocycles. The van der Waals surface area contributed by atoms with Crippen LogP contribution < -0.4 is 0 Å². The van der Waals surface area contributed by atoms with Gasteiger partial charge < -0.3 is 5.11 Å². The summed E-state index contributed by atoms with van der Waals surface area (Å²) in [5, 5.41) is 20.4. The fourth-order valence-electron chi connectivity index (χ4n) is 1.18. The van der Waals surface area contributed by atoms with E-state index in [1.54, 1.807) is 0 Å². The molecule has 4 nitrogen and oxygen atoms in total. The second-order valence-electron chi connectivity index (χ2n) is 3.00. The number of nitro groups is 1. The molecule has 0 radical (unpaired) electrons. The molecule has 1 aromatic carbocycles. The maximum absolute atomic E-state index is 10.5. The van der Waals surface area contributed by atoms with Gasteiger partial charge in [0.15, 0.2) is 0 Å². The van der Waals surface area contributed by atoms with Crippen molar-refractivity contribution in [3.8, 4) is 0 Å². The fourth-order valence-corrected chi connectivity index (χ4v) is 1.43. The predicted molar refractivity (Wildman–Crippen MR) is 57.9 cm³/mol. The molecular weight excluding hydrogens is 218 g/mol. The first kappa shape index (κ1) is 11.7. The second kappa shape index (κ2) is 4.91. The van der Waals surface area contributed by atoms with E-state index in [2.05, 4.69) is 6.58 Å². The van der Waals surface area contributed by atoms with Crippen molar-refractivity contribution in [1.82, 2.24) is 0 Å². The Hall–Kier alpha value is -1.39. The number of non-ortho nitro benzene ring substituents is 1. The lowest BCUT2D eigenvalue weighted by atomic mass is 10.1. The van der Waals surface area contributed by atoms with Gasteiger partial charge in [-0.15, -0.1) is 6.58 Å². The van der Waals surface area contributed by atoms with E-state index in [0.29, 0.717) is 17.0 Å². The third kappa shape index (κ3) is 2.78. The molecule has 0 bridgehead atoms. The summed E-state index contributed by atoms with van der Waals surface area (Å²) in [5.41, 5.74) is 0.267. The van der Waals surface area contributed by atoms with Crippen LogP contribution in [0, 0.1) is 10.1 Å². The Kier molecular flexibility index (Phi) is 3.82. The molecule has 0 aromatic heterocycles. The highest BCUT2D eigenvalue weighted by atomic mass is 35.5. The number of nitro benzene ring substituents is 1. The fraction of sp³-hybridized carbons (Fsp3) is 0.200. The van der Waals surface area contributed by atoms with E-state index in [1.807, 2.05) is 0 Å². The van der Waals surface area contributed by atoms with Gasteiger partial charge in [0, 0.05) is 22.7 Å². The highest BCUT2D eigenvalue weighted by Crippen LogP contribution is 2.29. The van der Waals surface area contributed by atoms with Crippen molar-refractivity contribution in [3.63, 3.8) is 0 Å². The van der Waals surface area contributed by atoms with Crippen LogP contribution in [-0.4, -0.2) is 10.0 Å². The van der Waals surface area contributed by atoms with Gasteiger partial charge in [0.2, 0.25) is 0 Å². The SMILES string of the molecule is C=CCC(O)c1cc([N+](=O)[O-])ccc1Cl. The standard InChI is InChI=1S/C10H10ClNO3/c1-2-3-10(13)8-6-7(12(14)15)4-5-9(8)11/h2,4-6,10,13H,1,3H2. The average molecular weight is 228 g/mol. The highest BCUT2D eigenvalue weighted by Gasteiger charge is 2.15. The van der Waals surface area contributed by atoms with Crippen LogP contribution in [0.1, 0.15) is 18.1 Å². The molecule has 0 saturated carbocycles. The van der Waals surface area contributed by atoms with Crippen LogP contribution in [0.15, 0.2) is 30.9 Å². The number of hydrogen-bond acceptors (Lipinski definition) is 3. The molecule has 1 atom stereocenters. The number of hydrogen-bond donors (Lipinski definition) is 1. The van der Waals surface area contributed by atoms with Crippen LogP contribution in [0.2, 0.25) is 5.02 Å². The Bertz CT molecular complexity index is 392. The molecule has 0 aliphatic heterocycles. The largest absolute Gasteiger partial charge is 0.388 e. The normalized spacial score (nSPS) is 12.1. The van der Waals surface area contributed by atoms with Crippen molar-refractivity contribution in [2.24, 2.45) is 0 Å². The molecule has 1 N–H and O–H groups in total. The monoisotopic (exact) mass is 227 g/mol.